The van der Waals surface area contributed by atoms with E-state index in [9.17, 15) is 0 Å². The SMILES string of the molecule is OCCOc1ccc([S+](c2ccccc2)c2ccc(Sc3ccc([S+](c4ccccc4)c4ccc(OCCO)cc4)cc3)cc2)cc1. The zero-order valence-corrected chi connectivity index (χ0v) is 28.2. The average molecular weight is 677 g/mol. The topological polar surface area (TPSA) is 58.9 Å². The standard InChI is InChI=1S/C40H36O4S3/c41-27-29-43-31-11-19-37(20-12-31)46(35-7-3-1-4-8-35)39-23-15-33(16-24-39)45-34-17-25-40(26-18-34)47(36-9-5-2-6-10-36)38-21-13-32(14-22-38)44-30-28-42/h1-26,41-42H,27-30H2/q+2. The number of ether oxygens (including phenoxy) is 2. The van der Waals surface area contributed by atoms with Crippen molar-refractivity contribution in [1.82, 2.24) is 0 Å². The van der Waals surface area contributed by atoms with Gasteiger partial charge in [-0.25, -0.2) is 0 Å². The second-order valence-corrected chi connectivity index (χ2v) is 15.6. The Kier molecular flexibility index (Phi) is 11.6. The fourth-order valence-corrected chi connectivity index (χ4v) is 9.97. The van der Waals surface area contributed by atoms with Gasteiger partial charge in [-0.15, -0.1) is 0 Å². The van der Waals surface area contributed by atoms with Crippen LogP contribution in [0.1, 0.15) is 0 Å². The third-order valence-corrected chi connectivity index (χ3v) is 12.6. The van der Waals surface area contributed by atoms with E-state index in [2.05, 4.69) is 133 Å². The smallest absolute Gasteiger partial charge is 0.166 e. The maximum Gasteiger partial charge on any atom is 0.166 e. The first-order valence-electron chi connectivity index (χ1n) is 15.4. The molecule has 0 bridgehead atoms. The first kappa shape index (κ1) is 32.8. The number of aliphatic hydroxyl groups is 2. The summed E-state index contributed by atoms with van der Waals surface area (Å²) in [6, 6.07) is 55.4. The second-order valence-electron chi connectivity index (χ2n) is 10.4. The lowest BCUT2D eigenvalue weighted by molar-refractivity contribution is 0.201. The van der Waals surface area contributed by atoms with Crippen molar-refractivity contribution in [3.8, 4) is 11.5 Å². The summed E-state index contributed by atoms with van der Waals surface area (Å²) in [4.78, 5) is 9.81. The largest absolute Gasteiger partial charge is 0.491 e. The maximum atomic E-state index is 9.10. The number of aliphatic hydroxyl groups excluding tert-OH is 2. The highest BCUT2D eigenvalue weighted by atomic mass is 32.2. The predicted octanol–water partition coefficient (Wildman–Crippen LogP) is 8.77. The van der Waals surface area contributed by atoms with Crippen molar-refractivity contribution >= 4 is 33.6 Å². The van der Waals surface area contributed by atoms with E-state index in [4.69, 9.17) is 19.7 Å². The molecule has 0 saturated carbocycles. The fraction of sp³-hybridized carbons (Fsp3) is 0.100. The molecule has 0 amide bonds. The molecule has 0 fully saturated rings. The Balaban J connectivity index is 1.20. The maximum absolute atomic E-state index is 9.10. The van der Waals surface area contributed by atoms with Crippen molar-refractivity contribution in [3.63, 3.8) is 0 Å². The summed E-state index contributed by atoms with van der Waals surface area (Å²) in [6.07, 6.45) is 0. The predicted molar refractivity (Wildman–Crippen MR) is 192 cm³/mol. The Morgan fingerprint density at radius 1 is 0.383 bits per heavy atom. The summed E-state index contributed by atoms with van der Waals surface area (Å²) in [5.41, 5.74) is 0. The quantitative estimate of drug-likeness (QED) is 0.113. The van der Waals surface area contributed by atoms with E-state index in [-0.39, 0.29) is 48.2 Å². The molecule has 47 heavy (non-hydrogen) atoms. The van der Waals surface area contributed by atoms with Gasteiger partial charge in [0.15, 0.2) is 29.4 Å². The third kappa shape index (κ3) is 8.63. The molecule has 0 aromatic heterocycles. The number of rotatable bonds is 14. The molecular formula is C40H36O4S3+2. The van der Waals surface area contributed by atoms with Gasteiger partial charge in [0.25, 0.3) is 0 Å². The van der Waals surface area contributed by atoms with Crippen molar-refractivity contribution in [1.29, 1.82) is 0 Å². The van der Waals surface area contributed by atoms with Crippen LogP contribution in [0.15, 0.2) is 197 Å². The van der Waals surface area contributed by atoms with Crippen LogP contribution in [-0.2, 0) is 21.8 Å². The van der Waals surface area contributed by atoms with Gasteiger partial charge >= 0.3 is 0 Å². The molecule has 0 spiro atoms. The monoisotopic (exact) mass is 676 g/mol. The lowest BCUT2D eigenvalue weighted by Crippen LogP contribution is -2.05. The summed E-state index contributed by atoms with van der Waals surface area (Å²) in [7, 11) is -0.528. The van der Waals surface area contributed by atoms with Crippen LogP contribution >= 0.6 is 11.8 Å². The molecule has 6 aromatic rings. The molecule has 6 aromatic carbocycles. The van der Waals surface area contributed by atoms with Gasteiger partial charge in [0, 0.05) is 9.79 Å². The Morgan fingerprint density at radius 2 is 0.681 bits per heavy atom. The highest BCUT2D eigenvalue weighted by molar-refractivity contribution is 7.99. The molecule has 0 aliphatic carbocycles. The molecule has 0 radical (unpaired) electrons. The Morgan fingerprint density at radius 3 is 1.00 bits per heavy atom. The number of hydrogen-bond donors (Lipinski definition) is 2. The van der Waals surface area contributed by atoms with E-state index in [0.717, 1.165) is 11.5 Å². The molecule has 0 aliphatic heterocycles. The molecule has 2 unspecified atom stereocenters. The highest BCUT2D eigenvalue weighted by Gasteiger charge is 2.30. The number of hydrogen-bond acceptors (Lipinski definition) is 5. The lowest BCUT2D eigenvalue weighted by Gasteiger charge is -2.11. The third-order valence-electron chi connectivity index (χ3n) is 7.15. The van der Waals surface area contributed by atoms with Gasteiger partial charge in [0.2, 0.25) is 0 Å². The Bertz CT molecular complexity index is 1660. The van der Waals surface area contributed by atoms with E-state index in [1.54, 1.807) is 11.8 Å². The molecule has 6 rings (SSSR count). The van der Waals surface area contributed by atoms with Crippen molar-refractivity contribution in [3.05, 3.63) is 158 Å². The van der Waals surface area contributed by atoms with Crippen molar-refractivity contribution in [2.45, 2.75) is 39.2 Å². The van der Waals surface area contributed by atoms with Crippen LogP contribution in [0.2, 0.25) is 0 Å². The van der Waals surface area contributed by atoms with Crippen molar-refractivity contribution in [2.75, 3.05) is 26.4 Å². The van der Waals surface area contributed by atoms with Crippen LogP contribution in [0.4, 0.5) is 0 Å². The summed E-state index contributed by atoms with van der Waals surface area (Å²) < 4.78 is 11.2. The lowest BCUT2D eigenvalue weighted by atomic mass is 10.3. The summed E-state index contributed by atoms with van der Waals surface area (Å²) in [5.74, 6) is 1.52. The van der Waals surface area contributed by atoms with Gasteiger partial charge in [0.05, 0.1) is 35.0 Å². The van der Waals surface area contributed by atoms with Crippen LogP contribution in [0, 0.1) is 0 Å². The molecular weight excluding hydrogens is 641 g/mol. The minimum Gasteiger partial charge on any atom is -0.491 e. The van der Waals surface area contributed by atoms with Gasteiger partial charge in [0.1, 0.15) is 24.7 Å². The van der Waals surface area contributed by atoms with E-state index < -0.39 is 0 Å². The molecule has 0 heterocycles. The molecule has 2 atom stereocenters. The van der Waals surface area contributed by atoms with Gasteiger partial charge in [-0.05, 0) is 121 Å². The molecule has 236 valence electrons. The minimum absolute atomic E-state index is 0.00292. The fourth-order valence-electron chi connectivity index (χ4n) is 5.02. The van der Waals surface area contributed by atoms with E-state index in [1.807, 2.05) is 24.3 Å². The van der Waals surface area contributed by atoms with Gasteiger partial charge in [-0.2, -0.15) is 0 Å². The number of benzene rings is 6. The van der Waals surface area contributed by atoms with Crippen molar-refractivity contribution < 1.29 is 19.7 Å². The van der Waals surface area contributed by atoms with Crippen LogP contribution in [-0.4, -0.2) is 36.6 Å². The van der Waals surface area contributed by atoms with E-state index >= 15 is 0 Å². The zero-order chi connectivity index (χ0) is 32.3. The summed E-state index contributed by atoms with van der Waals surface area (Å²) in [5, 5.41) is 18.2. The molecule has 7 heteroatoms. The Labute approximate surface area is 286 Å². The van der Waals surface area contributed by atoms with E-state index in [0.29, 0.717) is 0 Å². The van der Waals surface area contributed by atoms with Gasteiger partial charge < -0.3 is 19.7 Å². The van der Waals surface area contributed by atoms with Crippen LogP contribution in [0.3, 0.4) is 0 Å². The molecule has 4 nitrogen and oxygen atoms in total. The first-order valence-corrected chi connectivity index (χ1v) is 18.6. The first-order chi connectivity index (χ1) is 23.2. The van der Waals surface area contributed by atoms with Crippen LogP contribution < -0.4 is 9.47 Å². The molecule has 0 aliphatic rings. The van der Waals surface area contributed by atoms with Gasteiger partial charge in [-0.1, -0.05) is 48.2 Å². The normalized spacial score (nSPS) is 12.3. The highest BCUT2D eigenvalue weighted by Crippen LogP contribution is 2.37. The van der Waals surface area contributed by atoms with Crippen molar-refractivity contribution in [2.24, 2.45) is 0 Å². The van der Waals surface area contributed by atoms with Crippen LogP contribution in [0.25, 0.3) is 0 Å². The molecule has 2 N–H and O–H groups in total. The second kappa shape index (κ2) is 16.6. The minimum atomic E-state index is -0.264. The summed E-state index contributed by atoms with van der Waals surface area (Å²) in [6.45, 7) is 0.569. The Hall–Kier alpha value is -4.11. The van der Waals surface area contributed by atoms with Crippen LogP contribution in [0.5, 0.6) is 11.5 Å². The van der Waals surface area contributed by atoms with Gasteiger partial charge in [-0.3, -0.25) is 0 Å². The summed E-state index contributed by atoms with van der Waals surface area (Å²) >= 11 is 1.76. The average Bonchev–Trinajstić information content (AvgIpc) is 3.13. The zero-order valence-electron chi connectivity index (χ0n) is 25.8. The molecule has 0 saturated heterocycles. The van der Waals surface area contributed by atoms with E-state index in [1.165, 1.54) is 39.2 Å².